The van der Waals surface area contributed by atoms with Crippen molar-refractivity contribution in [2.45, 2.75) is 13.8 Å². The van der Waals surface area contributed by atoms with Crippen molar-refractivity contribution < 1.29 is 5.11 Å². The van der Waals surface area contributed by atoms with E-state index in [-0.39, 0.29) is 11.5 Å². The first-order valence-electron chi connectivity index (χ1n) is 2.33. The van der Waals surface area contributed by atoms with Gasteiger partial charge < -0.3 is 10.5 Å². The average Bonchev–Trinajstić information content (AvgIpc) is 1.64. The van der Waals surface area contributed by atoms with Gasteiger partial charge in [0.15, 0.2) is 0 Å². The molecule has 0 heterocycles. The Morgan fingerprint density at radius 3 is 2.00 bits per heavy atom. The SMILES string of the molecule is CC(=N)/C(SCl)=C(/C)O. The maximum absolute atomic E-state index is 8.82. The Balaban J connectivity index is 4.35. The minimum absolute atomic E-state index is 0.0995. The molecule has 0 rings (SSSR count). The zero-order chi connectivity index (χ0) is 7.44. The van der Waals surface area contributed by atoms with Gasteiger partial charge in [0.25, 0.3) is 0 Å². The second kappa shape index (κ2) is 3.80. The van der Waals surface area contributed by atoms with Crippen LogP contribution in [0.5, 0.6) is 0 Å². The minimum atomic E-state index is 0.0995. The summed E-state index contributed by atoms with van der Waals surface area (Å²) in [5.74, 6) is 0.0995. The number of hydrogen-bond acceptors (Lipinski definition) is 3. The van der Waals surface area contributed by atoms with Gasteiger partial charge in [0.1, 0.15) is 5.76 Å². The second-order valence-electron chi connectivity index (χ2n) is 1.62. The molecule has 0 radical (unpaired) electrons. The summed E-state index contributed by atoms with van der Waals surface area (Å²) in [6, 6.07) is 0. The van der Waals surface area contributed by atoms with Crippen molar-refractivity contribution in [2.24, 2.45) is 0 Å². The Hall–Kier alpha value is -0.150. The molecule has 0 amide bonds. The van der Waals surface area contributed by atoms with E-state index in [4.69, 9.17) is 21.2 Å². The summed E-state index contributed by atoms with van der Waals surface area (Å²) in [6.45, 7) is 3.08. The summed E-state index contributed by atoms with van der Waals surface area (Å²) in [5, 5.41) is 15.9. The van der Waals surface area contributed by atoms with Crippen LogP contribution < -0.4 is 0 Å². The van der Waals surface area contributed by atoms with Gasteiger partial charge in [-0.25, -0.2) is 0 Å². The van der Waals surface area contributed by atoms with E-state index in [9.17, 15) is 0 Å². The van der Waals surface area contributed by atoms with E-state index in [1.807, 2.05) is 0 Å². The van der Waals surface area contributed by atoms with Gasteiger partial charge in [-0.3, -0.25) is 0 Å². The predicted molar refractivity (Wildman–Crippen MR) is 42.2 cm³/mol. The van der Waals surface area contributed by atoms with E-state index in [0.717, 1.165) is 11.0 Å². The van der Waals surface area contributed by atoms with Gasteiger partial charge in [0.2, 0.25) is 0 Å². The average molecular weight is 166 g/mol. The van der Waals surface area contributed by atoms with Crippen LogP contribution in [-0.2, 0) is 0 Å². The summed E-state index contributed by atoms with van der Waals surface area (Å²) >= 11 is 0. The summed E-state index contributed by atoms with van der Waals surface area (Å²) in [5.41, 5.74) is 0.287. The van der Waals surface area contributed by atoms with Gasteiger partial charge >= 0.3 is 0 Å². The number of halogens is 1. The third kappa shape index (κ3) is 2.77. The van der Waals surface area contributed by atoms with Crippen molar-refractivity contribution in [3.63, 3.8) is 0 Å². The van der Waals surface area contributed by atoms with E-state index in [1.54, 1.807) is 6.92 Å². The zero-order valence-corrected chi connectivity index (χ0v) is 6.81. The molecule has 0 aromatic rings. The molecule has 0 atom stereocenters. The van der Waals surface area contributed by atoms with Crippen molar-refractivity contribution >= 4 is 27.4 Å². The summed E-state index contributed by atoms with van der Waals surface area (Å²) in [6.07, 6.45) is 0. The second-order valence-corrected chi connectivity index (χ2v) is 2.64. The normalized spacial score (nSPS) is 12.8. The number of hydrogen-bond donors (Lipinski definition) is 2. The van der Waals surface area contributed by atoms with Crippen LogP contribution in [0.1, 0.15) is 13.8 Å². The van der Waals surface area contributed by atoms with Crippen LogP contribution in [0.4, 0.5) is 0 Å². The molecule has 0 aliphatic rings. The Kier molecular flexibility index (Phi) is 3.73. The largest absolute Gasteiger partial charge is 0.511 e. The highest BCUT2D eigenvalue weighted by Crippen LogP contribution is 2.23. The molecule has 0 aliphatic heterocycles. The molecule has 0 bridgehead atoms. The third-order valence-electron chi connectivity index (χ3n) is 0.746. The van der Waals surface area contributed by atoms with Crippen LogP contribution in [-0.4, -0.2) is 10.8 Å². The number of nitrogens with one attached hydrogen (secondary N) is 1. The third-order valence-corrected chi connectivity index (χ3v) is 1.97. The Labute approximate surface area is 62.9 Å². The van der Waals surface area contributed by atoms with Gasteiger partial charge in [-0.15, -0.1) is 0 Å². The van der Waals surface area contributed by atoms with Gasteiger partial charge in [-0.2, -0.15) is 0 Å². The smallest absolute Gasteiger partial charge is 0.106 e. The first-order valence-corrected chi connectivity index (χ1v) is 3.97. The minimum Gasteiger partial charge on any atom is -0.511 e. The Morgan fingerprint density at radius 2 is 2.00 bits per heavy atom. The lowest BCUT2D eigenvalue weighted by molar-refractivity contribution is 0.414. The lowest BCUT2D eigenvalue weighted by Gasteiger charge is -1.98. The van der Waals surface area contributed by atoms with Crippen LogP contribution in [0.25, 0.3) is 0 Å². The number of aliphatic hydroxyl groups is 1. The molecule has 0 fully saturated rings. The van der Waals surface area contributed by atoms with Crippen molar-refractivity contribution in [1.82, 2.24) is 0 Å². The number of aliphatic hydroxyl groups excluding tert-OH is 1. The maximum Gasteiger partial charge on any atom is 0.106 e. The van der Waals surface area contributed by atoms with Crippen molar-refractivity contribution in [2.75, 3.05) is 0 Å². The molecule has 4 heteroatoms. The Bertz CT molecular complexity index is 151. The molecule has 0 spiro atoms. The van der Waals surface area contributed by atoms with Crippen molar-refractivity contribution in [3.8, 4) is 0 Å². The predicted octanol–water partition coefficient (Wildman–Crippen LogP) is 2.70. The fourth-order valence-electron chi connectivity index (χ4n) is 0.385. The fourth-order valence-corrected chi connectivity index (χ4v) is 1.29. The summed E-state index contributed by atoms with van der Waals surface area (Å²) in [4.78, 5) is 0.427. The molecule has 9 heavy (non-hydrogen) atoms. The van der Waals surface area contributed by atoms with E-state index >= 15 is 0 Å². The van der Waals surface area contributed by atoms with Crippen LogP contribution >= 0.6 is 21.7 Å². The highest BCUT2D eigenvalue weighted by atomic mass is 35.7. The van der Waals surface area contributed by atoms with Crippen LogP contribution in [0.15, 0.2) is 10.7 Å². The molecule has 2 nitrogen and oxygen atoms in total. The first kappa shape index (κ1) is 8.85. The molecule has 0 saturated carbocycles. The van der Waals surface area contributed by atoms with E-state index in [2.05, 4.69) is 0 Å². The van der Waals surface area contributed by atoms with Crippen LogP contribution in [0.3, 0.4) is 0 Å². The van der Waals surface area contributed by atoms with Crippen LogP contribution in [0, 0.1) is 5.41 Å². The molecule has 0 unspecified atom stereocenters. The van der Waals surface area contributed by atoms with Gasteiger partial charge in [-0.1, -0.05) is 0 Å². The summed E-state index contributed by atoms with van der Waals surface area (Å²) < 4.78 is 0. The van der Waals surface area contributed by atoms with E-state index < -0.39 is 0 Å². The number of allylic oxidation sites excluding steroid dienone is 2. The molecule has 0 aromatic carbocycles. The Morgan fingerprint density at radius 1 is 1.56 bits per heavy atom. The van der Waals surface area contributed by atoms with E-state index in [1.165, 1.54) is 6.92 Å². The molecule has 52 valence electrons. The monoisotopic (exact) mass is 165 g/mol. The highest BCUT2D eigenvalue weighted by molar-refractivity contribution is 8.24. The number of rotatable bonds is 2. The standard InChI is InChI=1S/C5H8ClNOS/c1-3(7)5(9-6)4(2)8/h7-8H,1-2H3/b5-4+,7-3?. The van der Waals surface area contributed by atoms with Gasteiger partial charge in [0, 0.05) is 5.71 Å². The van der Waals surface area contributed by atoms with Gasteiger partial charge in [0.05, 0.1) is 4.91 Å². The highest BCUT2D eigenvalue weighted by Gasteiger charge is 2.02. The quantitative estimate of drug-likeness (QED) is 0.488. The van der Waals surface area contributed by atoms with Crippen molar-refractivity contribution in [3.05, 3.63) is 10.7 Å². The lowest BCUT2D eigenvalue weighted by atomic mass is 10.3. The maximum atomic E-state index is 8.82. The van der Waals surface area contributed by atoms with Crippen LogP contribution in [0.2, 0.25) is 0 Å². The molecular weight excluding hydrogens is 158 g/mol. The lowest BCUT2D eigenvalue weighted by Crippen LogP contribution is -1.92. The topological polar surface area (TPSA) is 44.1 Å². The van der Waals surface area contributed by atoms with Gasteiger partial charge in [-0.05, 0) is 35.5 Å². The fraction of sp³-hybridized carbons (Fsp3) is 0.400. The molecular formula is C5H8ClNOS. The zero-order valence-electron chi connectivity index (χ0n) is 5.23. The van der Waals surface area contributed by atoms with E-state index in [0.29, 0.717) is 4.91 Å². The molecule has 0 aromatic heterocycles. The molecule has 0 aliphatic carbocycles. The molecule has 0 saturated heterocycles. The first-order chi connectivity index (χ1) is 4.09. The molecule has 2 N–H and O–H groups in total. The summed E-state index contributed by atoms with van der Waals surface area (Å²) in [7, 11) is 6.18. The van der Waals surface area contributed by atoms with Crippen molar-refractivity contribution in [1.29, 1.82) is 5.41 Å².